The molecule has 0 bridgehead atoms. The van der Waals surface area contributed by atoms with Crippen LogP contribution in [-0.4, -0.2) is 91.5 Å². The molecule has 3 N–H and O–H groups in total. The second kappa shape index (κ2) is 13.6. The van der Waals surface area contributed by atoms with Gasteiger partial charge in [0, 0.05) is 42.5 Å². The number of ether oxygens (including phenoxy) is 2. The Balaban J connectivity index is 0.928. The molecule has 3 fully saturated rings. The topological polar surface area (TPSA) is 132 Å². The summed E-state index contributed by atoms with van der Waals surface area (Å²) < 4.78 is 14.0. The van der Waals surface area contributed by atoms with E-state index < -0.39 is 5.60 Å². The van der Waals surface area contributed by atoms with Crippen LogP contribution < -0.4 is 5.73 Å². The maximum atomic E-state index is 12.3. The first-order chi connectivity index (χ1) is 22.0. The molecule has 1 aromatic carbocycles. The average molecular weight is 632 g/mol. The van der Waals surface area contributed by atoms with Gasteiger partial charge >= 0.3 is 6.09 Å². The van der Waals surface area contributed by atoms with Crippen LogP contribution in [0, 0.1) is 11.8 Å². The fourth-order valence-electron chi connectivity index (χ4n) is 7.06. The molecule has 3 aromatic rings. The maximum Gasteiger partial charge on any atom is 0.410 e. The SMILES string of the molecule is CC(C1CCN(C[C@H]2C[C@@H](OC3CCN(C(=O)OC(C)(C)C)CC3)C2)CC1)n1cc(-c2cc(-c3ccccc3O)nnc2N)cn1. The van der Waals surface area contributed by atoms with Crippen LogP contribution in [0.25, 0.3) is 22.4 Å². The normalized spacial score (nSPS) is 22.4. The van der Waals surface area contributed by atoms with Crippen molar-refractivity contribution in [1.82, 2.24) is 29.8 Å². The summed E-state index contributed by atoms with van der Waals surface area (Å²) in [4.78, 5) is 16.8. The number of carbonyl (C=O) groups excluding carboxylic acids is 1. The van der Waals surface area contributed by atoms with Crippen molar-refractivity contribution >= 4 is 11.9 Å². The number of hydrogen-bond donors (Lipinski definition) is 2. The number of phenolic OH excluding ortho intramolecular Hbond substituents is 1. The number of piperidine rings is 2. The van der Waals surface area contributed by atoms with Crippen LogP contribution in [0.4, 0.5) is 10.6 Å². The molecule has 1 atom stereocenters. The van der Waals surface area contributed by atoms with Crippen LogP contribution >= 0.6 is 0 Å². The number of aromatic hydroxyl groups is 1. The first-order valence-electron chi connectivity index (χ1n) is 16.8. The number of rotatable bonds is 8. The summed E-state index contributed by atoms with van der Waals surface area (Å²) in [5, 5.41) is 23.4. The van der Waals surface area contributed by atoms with Gasteiger partial charge < -0.3 is 30.1 Å². The van der Waals surface area contributed by atoms with E-state index in [9.17, 15) is 9.90 Å². The molecule has 6 rings (SSSR count). The van der Waals surface area contributed by atoms with Gasteiger partial charge in [-0.1, -0.05) is 12.1 Å². The number of nitrogens with two attached hydrogens (primary N) is 1. The highest BCUT2D eigenvalue weighted by molar-refractivity contribution is 5.78. The number of nitrogens with zero attached hydrogens (tertiary/aromatic N) is 6. The molecule has 46 heavy (non-hydrogen) atoms. The molecule has 2 aliphatic heterocycles. The average Bonchev–Trinajstić information content (AvgIpc) is 3.50. The van der Waals surface area contributed by atoms with E-state index in [-0.39, 0.29) is 24.0 Å². The van der Waals surface area contributed by atoms with E-state index in [4.69, 9.17) is 20.3 Å². The fraction of sp³-hybridized carbons (Fsp3) is 0.600. The second-order valence-corrected chi connectivity index (χ2v) is 14.4. The Labute approximate surface area is 272 Å². The Hall–Kier alpha value is -3.70. The summed E-state index contributed by atoms with van der Waals surface area (Å²) in [6, 6.07) is 9.23. The van der Waals surface area contributed by atoms with Crippen molar-refractivity contribution in [3.8, 4) is 28.1 Å². The standard InChI is InChI=1S/C35H49N7O4/c1-23(42-22-26(20-37-42)30-19-31(38-39-33(30)36)29-7-5-6-8-32(29)43)25-9-13-40(14-10-25)21-24-17-28(18-24)45-27-11-15-41(16-12-27)34(44)46-35(2,3)4/h5-8,19-20,22-25,27-28,43H,9-18,21H2,1-4H3,(H2,36,39)/t23?,24-,28+. The van der Waals surface area contributed by atoms with Gasteiger partial charge in [0.25, 0.3) is 0 Å². The quantitative estimate of drug-likeness (QED) is 0.318. The highest BCUT2D eigenvalue weighted by atomic mass is 16.6. The van der Waals surface area contributed by atoms with Gasteiger partial charge in [0.2, 0.25) is 0 Å². The molecule has 1 aliphatic carbocycles. The monoisotopic (exact) mass is 631 g/mol. The van der Waals surface area contributed by atoms with E-state index in [0.717, 1.165) is 69.3 Å². The third-order valence-corrected chi connectivity index (χ3v) is 9.83. The Kier molecular flexibility index (Phi) is 9.52. The van der Waals surface area contributed by atoms with Gasteiger partial charge in [0.15, 0.2) is 5.82 Å². The number of hydrogen-bond acceptors (Lipinski definition) is 9. The lowest BCUT2D eigenvalue weighted by Gasteiger charge is -2.43. The van der Waals surface area contributed by atoms with Crippen LogP contribution in [0.3, 0.4) is 0 Å². The predicted octanol–water partition coefficient (Wildman–Crippen LogP) is 5.76. The summed E-state index contributed by atoms with van der Waals surface area (Å²) in [6.45, 7) is 12.8. The lowest BCUT2D eigenvalue weighted by Crippen LogP contribution is -2.47. The van der Waals surface area contributed by atoms with Crippen LogP contribution in [0.15, 0.2) is 42.7 Å². The van der Waals surface area contributed by atoms with E-state index in [0.29, 0.717) is 48.1 Å². The van der Waals surface area contributed by atoms with Gasteiger partial charge in [-0.15, -0.1) is 10.2 Å². The largest absolute Gasteiger partial charge is 0.507 e. The lowest BCUT2D eigenvalue weighted by atomic mass is 9.81. The molecule has 0 radical (unpaired) electrons. The first kappa shape index (κ1) is 32.2. The van der Waals surface area contributed by atoms with Gasteiger partial charge in [-0.05, 0) is 109 Å². The number of anilines is 1. The van der Waals surface area contributed by atoms with E-state index in [1.807, 2.05) is 50.1 Å². The number of phenols is 1. The van der Waals surface area contributed by atoms with Crippen LogP contribution in [0.5, 0.6) is 5.75 Å². The van der Waals surface area contributed by atoms with Gasteiger partial charge in [-0.25, -0.2) is 4.79 Å². The summed E-state index contributed by atoms with van der Waals surface area (Å²) in [7, 11) is 0. The third kappa shape index (κ3) is 7.63. The lowest BCUT2D eigenvalue weighted by molar-refractivity contribution is -0.0983. The molecule has 11 nitrogen and oxygen atoms in total. The number of amides is 1. The van der Waals surface area contributed by atoms with E-state index in [1.54, 1.807) is 12.1 Å². The summed E-state index contributed by atoms with van der Waals surface area (Å²) >= 11 is 0. The summed E-state index contributed by atoms with van der Waals surface area (Å²) in [5.41, 5.74) is 8.60. The zero-order valence-electron chi connectivity index (χ0n) is 27.6. The molecule has 11 heteroatoms. The van der Waals surface area contributed by atoms with Gasteiger partial charge in [0.05, 0.1) is 30.1 Å². The van der Waals surface area contributed by atoms with Crippen molar-refractivity contribution in [3.05, 3.63) is 42.7 Å². The molecule has 1 unspecified atom stereocenters. The minimum absolute atomic E-state index is 0.155. The smallest absolute Gasteiger partial charge is 0.410 e. The molecular formula is C35H49N7O4. The number of para-hydroxylation sites is 1. The second-order valence-electron chi connectivity index (χ2n) is 14.4. The van der Waals surface area contributed by atoms with E-state index in [1.165, 1.54) is 0 Å². The Morgan fingerprint density at radius 1 is 1.02 bits per heavy atom. The molecule has 2 aromatic heterocycles. The van der Waals surface area contributed by atoms with Gasteiger partial charge in [0.1, 0.15) is 11.4 Å². The molecule has 0 spiro atoms. The summed E-state index contributed by atoms with van der Waals surface area (Å²) in [5.74, 6) is 1.75. The molecule has 2 saturated heterocycles. The number of likely N-dealkylation sites (tertiary alicyclic amines) is 2. The zero-order chi connectivity index (χ0) is 32.4. The Morgan fingerprint density at radius 3 is 2.43 bits per heavy atom. The predicted molar refractivity (Wildman–Crippen MR) is 177 cm³/mol. The van der Waals surface area contributed by atoms with Crippen LogP contribution in [0.1, 0.15) is 72.3 Å². The van der Waals surface area contributed by atoms with Gasteiger partial charge in [-0.3, -0.25) is 4.68 Å². The number of aromatic nitrogens is 4. The van der Waals surface area contributed by atoms with E-state index >= 15 is 0 Å². The molecule has 1 amide bonds. The van der Waals surface area contributed by atoms with Crippen molar-refractivity contribution in [2.45, 2.75) is 90.1 Å². The van der Waals surface area contributed by atoms with E-state index in [2.05, 4.69) is 32.9 Å². The highest BCUT2D eigenvalue weighted by Gasteiger charge is 2.36. The highest BCUT2D eigenvalue weighted by Crippen LogP contribution is 2.36. The third-order valence-electron chi connectivity index (χ3n) is 9.83. The van der Waals surface area contributed by atoms with Gasteiger partial charge in [-0.2, -0.15) is 5.10 Å². The van der Waals surface area contributed by atoms with Crippen molar-refractivity contribution in [1.29, 1.82) is 0 Å². The number of nitrogen functional groups attached to an aromatic ring is 1. The first-order valence-corrected chi connectivity index (χ1v) is 16.8. The number of carbonyl (C=O) groups is 1. The molecule has 4 heterocycles. The Morgan fingerprint density at radius 2 is 1.74 bits per heavy atom. The Bertz CT molecular complexity index is 1480. The zero-order valence-corrected chi connectivity index (χ0v) is 27.6. The summed E-state index contributed by atoms with van der Waals surface area (Å²) in [6.07, 6.45) is 10.6. The van der Waals surface area contributed by atoms with Crippen LogP contribution in [-0.2, 0) is 9.47 Å². The fourth-order valence-corrected chi connectivity index (χ4v) is 7.06. The van der Waals surface area contributed by atoms with Crippen molar-refractivity contribution < 1.29 is 19.4 Å². The van der Waals surface area contributed by atoms with Crippen molar-refractivity contribution in [2.75, 3.05) is 38.5 Å². The maximum absolute atomic E-state index is 12.3. The van der Waals surface area contributed by atoms with Crippen molar-refractivity contribution in [3.63, 3.8) is 0 Å². The van der Waals surface area contributed by atoms with Crippen LogP contribution in [0.2, 0.25) is 0 Å². The van der Waals surface area contributed by atoms with Crippen molar-refractivity contribution in [2.24, 2.45) is 11.8 Å². The minimum Gasteiger partial charge on any atom is -0.507 e. The molecule has 1 saturated carbocycles. The molecule has 248 valence electrons. The molecular weight excluding hydrogens is 582 g/mol. The minimum atomic E-state index is -0.460. The number of benzene rings is 1. The molecule has 3 aliphatic rings.